The van der Waals surface area contributed by atoms with E-state index in [4.69, 9.17) is 0 Å². The van der Waals surface area contributed by atoms with Crippen LogP contribution < -0.4 is 5.32 Å². The highest BCUT2D eigenvalue weighted by atomic mass is 19.1. The number of carbonyl (C=O) groups is 1. The number of hydrogen-bond donors (Lipinski definition) is 2. The molecule has 1 fully saturated rings. The predicted octanol–water partition coefficient (Wildman–Crippen LogP) is 3.50. The van der Waals surface area contributed by atoms with Crippen LogP contribution >= 0.6 is 0 Å². The van der Waals surface area contributed by atoms with Crippen molar-refractivity contribution in [2.45, 2.75) is 39.0 Å². The lowest BCUT2D eigenvalue weighted by Crippen LogP contribution is -2.39. The van der Waals surface area contributed by atoms with Crippen molar-refractivity contribution >= 4 is 16.8 Å². The van der Waals surface area contributed by atoms with E-state index in [0.717, 1.165) is 23.7 Å². The minimum atomic E-state index is -0.376. The van der Waals surface area contributed by atoms with Crippen molar-refractivity contribution < 1.29 is 9.18 Å². The zero-order valence-corrected chi connectivity index (χ0v) is 12.7. The standard InChI is InChI=1S/C17H21FN2O/c1-16(2,3)15(21)20-10-17(6-7-17)13-9-19-14-8-11(18)4-5-12(13)14/h4-5,8-9,19H,6-7,10H2,1-3H3,(H,20,21). The van der Waals surface area contributed by atoms with Crippen LogP contribution in [0.5, 0.6) is 0 Å². The van der Waals surface area contributed by atoms with Gasteiger partial charge in [-0.15, -0.1) is 0 Å². The van der Waals surface area contributed by atoms with Crippen LogP contribution in [-0.4, -0.2) is 17.4 Å². The van der Waals surface area contributed by atoms with Gasteiger partial charge in [-0.2, -0.15) is 0 Å². The first-order valence-electron chi connectivity index (χ1n) is 7.37. The summed E-state index contributed by atoms with van der Waals surface area (Å²) in [6.45, 7) is 6.39. The number of hydrogen-bond acceptors (Lipinski definition) is 1. The van der Waals surface area contributed by atoms with Crippen LogP contribution in [-0.2, 0) is 10.2 Å². The van der Waals surface area contributed by atoms with Gasteiger partial charge in [0, 0.05) is 34.5 Å². The minimum absolute atomic E-state index is 0.0109. The molecule has 1 aliphatic carbocycles. The van der Waals surface area contributed by atoms with Crippen LogP contribution in [0.25, 0.3) is 10.9 Å². The number of aromatic nitrogens is 1. The van der Waals surface area contributed by atoms with E-state index in [0.29, 0.717) is 6.54 Å². The van der Waals surface area contributed by atoms with Gasteiger partial charge < -0.3 is 10.3 Å². The summed E-state index contributed by atoms with van der Waals surface area (Å²) in [5.41, 5.74) is 1.64. The van der Waals surface area contributed by atoms with Crippen molar-refractivity contribution in [1.82, 2.24) is 10.3 Å². The molecular formula is C17H21FN2O. The van der Waals surface area contributed by atoms with Gasteiger partial charge in [0.1, 0.15) is 5.82 Å². The van der Waals surface area contributed by atoms with Gasteiger partial charge in [0.25, 0.3) is 0 Å². The second-order valence-electron chi connectivity index (χ2n) is 7.11. The van der Waals surface area contributed by atoms with Crippen LogP contribution in [0.2, 0.25) is 0 Å². The van der Waals surface area contributed by atoms with Crippen molar-refractivity contribution in [3.8, 4) is 0 Å². The SMILES string of the molecule is CC(C)(C)C(=O)NCC1(c2c[nH]c3cc(F)ccc23)CC1. The summed E-state index contributed by atoms with van der Waals surface area (Å²) in [7, 11) is 0. The second kappa shape index (κ2) is 4.58. The molecule has 0 atom stereocenters. The van der Waals surface area contributed by atoms with E-state index >= 15 is 0 Å². The van der Waals surface area contributed by atoms with Gasteiger partial charge in [-0.3, -0.25) is 4.79 Å². The summed E-state index contributed by atoms with van der Waals surface area (Å²) >= 11 is 0. The number of H-pyrrole nitrogens is 1. The Morgan fingerprint density at radius 1 is 1.38 bits per heavy atom. The first kappa shape index (κ1) is 14.1. The van der Waals surface area contributed by atoms with E-state index in [-0.39, 0.29) is 22.6 Å². The molecule has 1 aromatic heterocycles. The fraction of sp³-hybridized carbons (Fsp3) is 0.471. The first-order chi connectivity index (χ1) is 9.82. The van der Waals surface area contributed by atoms with Crippen LogP contribution in [0.4, 0.5) is 4.39 Å². The van der Waals surface area contributed by atoms with E-state index in [1.807, 2.05) is 33.0 Å². The maximum atomic E-state index is 13.3. The van der Waals surface area contributed by atoms with Gasteiger partial charge in [0.15, 0.2) is 0 Å². The molecule has 3 rings (SSSR count). The normalized spacial score (nSPS) is 17.0. The van der Waals surface area contributed by atoms with Crippen molar-refractivity contribution in [2.75, 3.05) is 6.54 Å². The number of benzene rings is 1. The third kappa shape index (κ3) is 2.55. The Kier molecular flexibility index (Phi) is 3.08. The molecule has 3 nitrogen and oxygen atoms in total. The molecule has 0 spiro atoms. The largest absolute Gasteiger partial charge is 0.361 e. The summed E-state index contributed by atoms with van der Waals surface area (Å²) in [4.78, 5) is 15.2. The Balaban J connectivity index is 1.83. The minimum Gasteiger partial charge on any atom is -0.361 e. The average Bonchev–Trinajstić information content (AvgIpc) is 3.07. The van der Waals surface area contributed by atoms with Gasteiger partial charge in [-0.25, -0.2) is 4.39 Å². The summed E-state index contributed by atoms with van der Waals surface area (Å²) in [6, 6.07) is 4.83. The number of aromatic amines is 1. The van der Waals surface area contributed by atoms with Crippen LogP contribution in [0.15, 0.2) is 24.4 Å². The van der Waals surface area contributed by atoms with E-state index in [1.54, 1.807) is 0 Å². The topological polar surface area (TPSA) is 44.9 Å². The molecule has 0 bridgehead atoms. The predicted molar refractivity (Wildman–Crippen MR) is 81.6 cm³/mol. The Morgan fingerprint density at radius 3 is 2.71 bits per heavy atom. The fourth-order valence-electron chi connectivity index (χ4n) is 2.74. The third-order valence-electron chi connectivity index (χ3n) is 4.34. The molecule has 0 aliphatic heterocycles. The van der Waals surface area contributed by atoms with Gasteiger partial charge in [-0.05, 0) is 36.6 Å². The van der Waals surface area contributed by atoms with Gasteiger partial charge in [0.2, 0.25) is 5.91 Å². The Hall–Kier alpha value is -1.84. The number of carbonyl (C=O) groups excluding carboxylic acids is 1. The molecule has 1 saturated carbocycles. The molecule has 21 heavy (non-hydrogen) atoms. The van der Waals surface area contributed by atoms with Crippen molar-refractivity contribution in [3.63, 3.8) is 0 Å². The monoisotopic (exact) mass is 288 g/mol. The lowest BCUT2D eigenvalue weighted by atomic mass is 9.92. The summed E-state index contributed by atoms with van der Waals surface area (Å²) in [5, 5.41) is 4.12. The average molecular weight is 288 g/mol. The number of nitrogens with one attached hydrogen (secondary N) is 2. The van der Waals surface area contributed by atoms with E-state index in [1.165, 1.54) is 17.7 Å². The molecule has 0 unspecified atom stereocenters. The second-order valence-corrected chi connectivity index (χ2v) is 7.11. The quantitative estimate of drug-likeness (QED) is 0.892. The highest BCUT2D eigenvalue weighted by Gasteiger charge is 2.46. The first-order valence-corrected chi connectivity index (χ1v) is 7.37. The highest BCUT2D eigenvalue weighted by molar-refractivity contribution is 5.85. The van der Waals surface area contributed by atoms with E-state index in [9.17, 15) is 9.18 Å². The highest BCUT2D eigenvalue weighted by Crippen LogP contribution is 2.50. The molecule has 2 N–H and O–H groups in total. The molecule has 112 valence electrons. The molecule has 2 aromatic rings. The molecular weight excluding hydrogens is 267 g/mol. The number of amides is 1. The molecule has 0 radical (unpaired) electrons. The molecule has 1 aliphatic rings. The Labute approximate surface area is 123 Å². The lowest BCUT2D eigenvalue weighted by Gasteiger charge is -2.21. The summed E-state index contributed by atoms with van der Waals surface area (Å²) < 4.78 is 13.3. The van der Waals surface area contributed by atoms with Crippen LogP contribution in [0.1, 0.15) is 39.2 Å². The van der Waals surface area contributed by atoms with Crippen molar-refractivity contribution in [3.05, 3.63) is 35.8 Å². The lowest BCUT2D eigenvalue weighted by molar-refractivity contribution is -0.128. The van der Waals surface area contributed by atoms with Crippen LogP contribution in [0.3, 0.4) is 0 Å². The molecule has 1 amide bonds. The van der Waals surface area contributed by atoms with Crippen molar-refractivity contribution in [1.29, 1.82) is 0 Å². The van der Waals surface area contributed by atoms with Gasteiger partial charge in [-0.1, -0.05) is 20.8 Å². The third-order valence-corrected chi connectivity index (χ3v) is 4.34. The molecule has 1 heterocycles. The Bertz CT molecular complexity index is 692. The molecule has 1 aromatic carbocycles. The van der Waals surface area contributed by atoms with Crippen molar-refractivity contribution in [2.24, 2.45) is 5.41 Å². The van der Waals surface area contributed by atoms with Gasteiger partial charge in [0.05, 0.1) is 0 Å². The van der Waals surface area contributed by atoms with E-state index < -0.39 is 0 Å². The number of halogens is 1. The number of rotatable bonds is 3. The molecule has 4 heteroatoms. The fourth-order valence-corrected chi connectivity index (χ4v) is 2.74. The molecule has 0 saturated heterocycles. The van der Waals surface area contributed by atoms with Gasteiger partial charge >= 0.3 is 0 Å². The summed E-state index contributed by atoms with van der Waals surface area (Å²) in [6.07, 6.45) is 4.07. The Morgan fingerprint density at radius 2 is 2.10 bits per heavy atom. The zero-order valence-electron chi connectivity index (χ0n) is 12.7. The summed E-state index contributed by atoms with van der Waals surface area (Å²) in [5.74, 6) is -0.165. The number of fused-ring (bicyclic) bond motifs is 1. The van der Waals surface area contributed by atoms with E-state index in [2.05, 4.69) is 10.3 Å². The maximum Gasteiger partial charge on any atom is 0.225 e. The zero-order chi connectivity index (χ0) is 15.3. The maximum absolute atomic E-state index is 13.3. The van der Waals surface area contributed by atoms with Crippen LogP contribution in [0, 0.1) is 11.2 Å². The smallest absolute Gasteiger partial charge is 0.225 e.